The van der Waals surface area contributed by atoms with E-state index in [2.05, 4.69) is 15.6 Å². The zero-order valence-electron chi connectivity index (χ0n) is 14.8. The minimum absolute atomic E-state index is 0.197. The predicted molar refractivity (Wildman–Crippen MR) is 110 cm³/mol. The van der Waals surface area contributed by atoms with Crippen molar-refractivity contribution in [2.45, 2.75) is 13.5 Å². The van der Waals surface area contributed by atoms with Gasteiger partial charge in [-0.15, -0.1) is 0 Å². The summed E-state index contributed by atoms with van der Waals surface area (Å²) in [6, 6.07) is 20.5. The van der Waals surface area contributed by atoms with Crippen LogP contribution in [-0.2, 0) is 6.61 Å². The first kappa shape index (κ1) is 18.5. The summed E-state index contributed by atoms with van der Waals surface area (Å²) in [6.45, 7) is 2.43. The van der Waals surface area contributed by atoms with Gasteiger partial charge in [-0.25, -0.2) is 4.98 Å². The molecule has 5 nitrogen and oxygen atoms in total. The number of nitrogens with zero attached hydrogens (tertiary/aromatic N) is 1. The second-order valence-electron chi connectivity index (χ2n) is 5.93. The SMILES string of the molecule is Cc1ccnc(NC(=S)NC(=O)c2ccc(OCc3ccccc3)cc2)c1. The van der Waals surface area contributed by atoms with Crippen LogP contribution in [0.15, 0.2) is 72.9 Å². The maximum atomic E-state index is 12.3. The fourth-order valence-corrected chi connectivity index (χ4v) is 2.57. The van der Waals surface area contributed by atoms with E-state index in [0.717, 1.165) is 11.1 Å². The Morgan fingerprint density at radius 1 is 1.07 bits per heavy atom. The molecule has 0 aliphatic carbocycles. The van der Waals surface area contributed by atoms with Crippen LogP contribution in [0.1, 0.15) is 21.5 Å². The lowest BCUT2D eigenvalue weighted by Gasteiger charge is -2.10. The number of nitrogens with one attached hydrogen (secondary N) is 2. The highest BCUT2D eigenvalue weighted by Crippen LogP contribution is 2.14. The van der Waals surface area contributed by atoms with Crippen molar-refractivity contribution in [3.8, 4) is 5.75 Å². The molecule has 0 fully saturated rings. The third-order valence-corrected chi connectivity index (χ3v) is 3.95. The third-order valence-electron chi connectivity index (χ3n) is 3.75. The number of pyridine rings is 1. The number of hydrogen-bond acceptors (Lipinski definition) is 4. The van der Waals surface area contributed by atoms with E-state index in [-0.39, 0.29) is 11.0 Å². The molecule has 27 heavy (non-hydrogen) atoms. The second-order valence-corrected chi connectivity index (χ2v) is 6.33. The summed E-state index contributed by atoms with van der Waals surface area (Å²) < 4.78 is 5.72. The molecular weight excluding hydrogens is 358 g/mol. The zero-order chi connectivity index (χ0) is 19.1. The van der Waals surface area contributed by atoms with Gasteiger partial charge in [0.2, 0.25) is 0 Å². The maximum absolute atomic E-state index is 12.3. The van der Waals surface area contributed by atoms with Crippen LogP contribution >= 0.6 is 12.2 Å². The molecule has 0 bridgehead atoms. The lowest BCUT2D eigenvalue weighted by molar-refractivity contribution is 0.0977. The summed E-state index contributed by atoms with van der Waals surface area (Å²) in [7, 11) is 0. The van der Waals surface area contributed by atoms with Crippen LogP contribution in [-0.4, -0.2) is 16.0 Å². The van der Waals surface area contributed by atoms with Gasteiger partial charge < -0.3 is 10.1 Å². The number of hydrogen-bond donors (Lipinski definition) is 2. The molecule has 1 amide bonds. The van der Waals surface area contributed by atoms with Crippen LogP contribution in [0.3, 0.4) is 0 Å². The Morgan fingerprint density at radius 2 is 1.81 bits per heavy atom. The number of anilines is 1. The second kappa shape index (κ2) is 8.91. The lowest BCUT2D eigenvalue weighted by Crippen LogP contribution is -2.34. The van der Waals surface area contributed by atoms with Crippen molar-refractivity contribution in [3.63, 3.8) is 0 Å². The first-order valence-corrected chi connectivity index (χ1v) is 8.83. The van der Waals surface area contributed by atoms with Crippen LogP contribution in [0.2, 0.25) is 0 Å². The number of carbonyl (C=O) groups is 1. The molecule has 0 spiro atoms. The molecule has 1 aromatic heterocycles. The number of benzene rings is 2. The summed E-state index contributed by atoms with van der Waals surface area (Å²) in [5.74, 6) is 0.986. The van der Waals surface area contributed by atoms with Crippen LogP contribution in [0.25, 0.3) is 0 Å². The molecule has 0 unspecified atom stereocenters. The number of aromatic nitrogens is 1. The zero-order valence-corrected chi connectivity index (χ0v) is 15.6. The number of amides is 1. The van der Waals surface area contributed by atoms with Crippen molar-refractivity contribution in [1.82, 2.24) is 10.3 Å². The smallest absolute Gasteiger partial charge is 0.257 e. The fourth-order valence-electron chi connectivity index (χ4n) is 2.37. The van der Waals surface area contributed by atoms with Crippen molar-refractivity contribution in [2.24, 2.45) is 0 Å². The quantitative estimate of drug-likeness (QED) is 0.656. The van der Waals surface area contributed by atoms with Crippen molar-refractivity contribution in [1.29, 1.82) is 0 Å². The van der Waals surface area contributed by atoms with Gasteiger partial charge in [-0.05, 0) is 66.7 Å². The standard InChI is InChI=1S/C21H19N3O2S/c1-15-11-12-22-19(13-15)23-21(27)24-20(25)17-7-9-18(10-8-17)26-14-16-5-3-2-4-6-16/h2-13H,14H2,1H3,(H2,22,23,24,25,27). The molecule has 0 atom stereocenters. The number of ether oxygens (including phenoxy) is 1. The number of thiocarbonyl (C=S) groups is 1. The van der Waals surface area contributed by atoms with Gasteiger partial charge in [-0.3, -0.25) is 10.1 Å². The van der Waals surface area contributed by atoms with E-state index in [1.807, 2.05) is 49.4 Å². The minimum atomic E-state index is -0.297. The van der Waals surface area contributed by atoms with Gasteiger partial charge in [0.05, 0.1) is 0 Å². The molecule has 2 N–H and O–H groups in total. The first-order valence-electron chi connectivity index (χ1n) is 8.42. The molecule has 6 heteroatoms. The monoisotopic (exact) mass is 377 g/mol. The number of rotatable bonds is 5. The summed E-state index contributed by atoms with van der Waals surface area (Å²) >= 11 is 5.17. The van der Waals surface area contributed by atoms with Gasteiger partial charge in [0.25, 0.3) is 5.91 Å². The Kier molecular flexibility index (Phi) is 6.12. The summed E-state index contributed by atoms with van der Waals surface area (Å²) in [5.41, 5.74) is 2.62. The van der Waals surface area contributed by atoms with Crippen LogP contribution in [0, 0.1) is 6.92 Å². The van der Waals surface area contributed by atoms with Crippen LogP contribution < -0.4 is 15.4 Å². The lowest BCUT2D eigenvalue weighted by atomic mass is 10.2. The third kappa shape index (κ3) is 5.62. The topological polar surface area (TPSA) is 63.2 Å². The van der Waals surface area contributed by atoms with Crippen LogP contribution in [0.5, 0.6) is 5.75 Å². The molecular formula is C21H19N3O2S. The van der Waals surface area contributed by atoms with Gasteiger partial charge in [0, 0.05) is 11.8 Å². The Morgan fingerprint density at radius 3 is 2.52 bits per heavy atom. The van der Waals surface area contributed by atoms with Crippen LogP contribution in [0.4, 0.5) is 5.82 Å². The molecule has 3 aromatic rings. The van der Waals surface area contributed by atoms with E-state index in [1.165, 1.54) is 0 Å². The number of carbonyl (C=O) groups excluding carboxylic acids is 1. The van der Waals surface area contributed by atoms with Gasteiger partial charge in [0.1, 0.15) is 18.2 Å². The van der Waals surface area contributed by atoms with Gasteiger partial charge >= 0.3 is 0 Å². The van der Waals surface area contributed by atoms with E-state index in [9.17, 15) is 4.79 Å². The van der Waals surface area contributed by atoms with Gasteiger partial charge in [0.15, 0.2) is 5.11 Å². The normalized spacial score (nSPS) is 10.1. The Balaban J connectivity index is 1.53. The fraction of sp³-hybridized carbons (Fsp3) is 0.0952. The highest BCUT2D eigenvalue weighted by Gasteiger charge is 2.09. The minimum Gasteiger partial charge on any atom is -0.489 e. The van der Waals surface area contributed by atoms with Crippen molar-refractivity contribution < 1.29 is 9.53 Å². The predicted octanol–water partition coefficient (Wildman–Crippen LogP) is 4.10. The Hall–Kier alpha value is -3.25. The number of aryl methyl sites for hydroxylation is 1. The van der Waals surface area contributed by atoms with Gasteiger partial charge in [-0.2, -0.15) is 0 Å². The molecule has 0 radical (unpaired) electrons. The highest BCUT2D eigenvalue weighted by atomic mass is 32.1. The maximum Gasteiger partial charge on any atom is 0.257 e. The largest absolute Gasteiger partial charge is 0.489 e. The highest BCUT2D eigenvalue weighted by molar-refractivity contribution is 7.80. The van der Waals surface area contributed by atoms with E-state index < -0.39 is 0 Å². The molecule has 0 aliphatic heterocycles. The summed E-state index contributed by atoms with van der Waals surface area (Å²) in [4.78, 5) is 16.5. The van der Waals surface area contributed by atoms with Crippen molar-refractivity contribution in [2.75, 3.05) is 5.32 Å². The van der Waals surface area contributed by atoms with Crippen molar-refractivity contribution >= 4 is 29.1 Å². The van der Waals surface area contributed by atoms with Crippen molar-refractivity contribution in [3.05, 3.63) is 89.6 Å². The molecule has 2 aromatic carbocycles. The average Bonchev–Trinajstić information content (AvgIpc) is 2.67. The van der Waals surface area contributed by atoms with E-state index in [4.69, 9.17) is 17.0 Å². The summed E-state index contributed by atoms with van der Waals surface area (Å²) in [5, 5.41) is 5.74. The van der Waals surface area contributed by atoms with E-state index in [0.29, 0.717) is 23.7 Å². The molecule has 0 saturated heterocycles. The van der Waals surface area contributed by atoms with E-state index in [1.54, 1.807) is 30.5 Å². The molecule has 136 valence electrons. The molecule has 0 saturated carbocycles. The molecule has 3 rings (SSSR count). The molecule has 1 heterocycles. The molecule has 0 aliphatic rings. The first-order chi connectivity index (χ1) is 13.1. The van der Waals surface area contributed by atoms with Gasteiger partial charge in [-0.1, -0.05) is 30.3 Å². The van der Waals surface area contributed by atoms with E-state index >= 15 is 0 Å². The Labute approximate surface area is 163 Å². The summed E-state index contributed by atoms with van der Waals surface area (Å²) in [6.07, 6.45) is 1.68. The average molecular weight is 377 g/mol. The Bertz CT molecular complexity index is 928.